The van der Waals surface area contributed by atoms with E-state index in [-0.39, 0.29) is 0 Å². The molecule has 0 unspecified atom stereocenters. The monoisotopic (exact) mass is 346 g/mol. The van der Waals surface area contributed by atoms with Gasteiger partial charge in [-0.05, 0) is 50.7 Å². The van der Waals surface area contributed by atoms with E-state index in [1.165, 1.54) is 20.2 Å². The van der Waals surface area contributed by atoms with E-state index in [1.807, 2.05) is 19.9 Å². The minimum Gasteiger partial charge on any atom is -0.427 e. The van der Waals surface area contributed by atoms with E-state index in [2.05, 4.69) is 30.3 Å². The molecule has 0 atom stereocenters. The van der Waals surface area contributed by atoms with E-state index in [0.717, 1.165) is 5.46 Å². The van der Waals surface area contributed by atoms with Gasteiger partial charge in [0, 0.05) is 19.8 Å². The van der Waals surface area contributed by atoms with Crippen molar-refractivity contribution in [2.75, 3.05) is 0 Å². The molecule has 2 aromatic carbocycles. The molecule has 3 rings (SSSR count). The second-order valence-corrected chi connectivity index (χ2v) is 8.39. The Morgan fingerprint density at radius 2 is 1.74 bits per heavy atom. The second-order valence-electron chi connectivity index (χ2n) is 6.90. The molecule has 1 heterocycles. The molecule has 0 saturated heterocycles. The molecular weight excluding hydrogens is 327 g/mol. The molecule has 23 heavy (non-hydrogen) atoms. The highest BCUT2D eigenvalue weighted by Gasteiger charge is 2.35. The average Bonchev–Trinajstić information content (AvgIpc) is 2.81. The Morgan fingerprint density at radius 3 is 2.43 bits per heavy atom. The van der Waals surface area contributed by atoms with Crippen molar-refractivity contribution in [1.29, 1.82) is 0 Å². The van der Waals surface area contributed by atoms with Crippen molar-refractivity contribution in [2.24, 2.45) is 0 Å². The summed E-state index contributed by atoms with van der Waals surface area (Å²) in [7, 11) is 0.371. The summed E-state index contributed by atoms with van der Waals surface area (Å²) in [5.41, 5.74) is -0.652. The van der Waals surface area contributed by atoms with Crippen LogP contribution in [0.4, 0.5) is 0 Å². The highest BCUT2D eigenvalue weighted by atomic mass is 35.5. The minimum absolute atomic E-state index is 0.371. The predicted octanol–water partition coefficient (Wildman–Crippen LogP) is 4.25. The first-order valence-corrected chi connectivity index (χ1v) is 8.84. The molecule has 0 fully saturated rings. The van der Waals surface area contributed by atoms with E-state index in [1.54, 1.807) is 25.2 Å². The fourth-order valence-electron chi connectivity index (χ4n) is 2.34. The summed E-state index contributed by atoms with van der Waals surface area (Å²) in [6, 6.07) is 12.5. The van der Waals surface area contributed by atoms with Gasteiger partial charge in [-0.25, -0.2) is 0 Å². The fourth-order valence-corrected chi connectivity index (χ4v) is 3.75. The number of aliphatic hydroxyl groups is 1. The smallest absolute Gasteiger partial charge is 0.310 e. The third-order valence-electron chi connectivity index (χ3n) is 4.61. The second kappa shape index (κ2) is 5.78. The topological polar surface area (TPSA) is 29.5 Å². The molecular formula is C18H20BClO2S. The van der Waals surface area contributed by atoms with Crippen LogP contribution in [-0.4, -0.2) is 23.8 Å². The Bertz CT molecular complexity index is 864. The molecule has 120 valence electrons. The maximum atomic E-state index is 10.2. The highest BCUT2D eigenvalue weighted by Crippen LogP contribution is 2.34. The third kappa shape index (κ3) is 3.13. The van der Waals surface area contributed by atoms with E-state index in [9.17, 15) is 5.11 Å². The number of hydrogen-bond donors (Lipinski definition) is 1. The van der Waals surface area contributed by atoms with E-state index in [4.69, 9.17) is 16.3 Å². The molecule has 0 amide bonds. The average molecular weight is 347 g/mol. The molecule has 1 N–H and O–H groups in total. The largest absolute Gasteiger partial charge is 0.427 e. The van der Waals surface area contributed by atoms with Crippen molar-refractivity contribution in [3.63, 3.8) is 0 Å². The van der Waals surface area contributed by atoms with Crippen LogP contribution in [0.1, 0.15) is 27.7 Å². The number of thiophene rings is 1. The molecule has 0 bridgehead atoms. The molecule has 0 radical (unpaired) electrons. The van der Waals surface area contributed by atoms with Gasteiger partial charge in [0.2, 0.25) is 0 Å². The summed E-state index contributed by atoms with van der Waals surface area (Å²) >= 11 is 8.19. The maximum Gasteiger partial charge on any atom is 0.310 e. The molecule has 0 saturated carbocycles. The number of hydrogen-bond acceptors (Lipinski definition) is 3. The van der Waals surface area contributed by atoms with Crippen molar-refractivity contribution in [2.45, 2.75) is 38.9 Å². The van der Waals surface area contributed by atoms with E-state index >= 15 is 0 Å². The van der Waals surface area contributed by atoms with Crippen LogP contribution in [0.2, 0.25) is 5.02 Å². The van der Waals surface area contributed by atoms with E-state index < -0.39 is 11.2 Å². The standard InChI is InChI=1S/C18H20BClO2S/c1-17(2,21)18(3,4)22-19-13-9-12-11-7-5-6-8-15(11)23-16(12)10-14(13)20/h5-10,19,21H,1-4H3. The number of fused-ring (bicyclic) bond motifs is 3. The Labute approximate surface area is 146 Å². The van der Waals surface area contributed by atoms with Crippen LogP contribution in [0.15, 0.2) is 36.4 Å². The zero-order chi connectivity index (χ0) is 16.8. The lowest BCUT2D eigenvalue weighted by molar-refractivity contribution is -0.0893. The summed E-state index contributed by atoms with van der Waals surface area (Å²) in [6.45, 7) is 7.28. The first kappa shape index (κ1) is 16.8. The third-order valence-corrected chi connectivity index (χ3v) is 6.09. The number of rotatable bonds is 4. The minimum atomic E-state index is -0.932. The first-order valence-electron chi connectivity index (χ1n) is 7.65. The molecule has 3 aromatic rings. The molecule has 2 nitrogen and oxygen atoms in total. The Balaban J connectivity index is 1.98. The lowest BCUT2D eigenvalue weighted by Gasteiger charge is -2.37. The predicted molar refractivity (Wildman–Crippen MR) is 103 cm³/mol. The van der Waals surface area contributed by atoms with Crippen molar-refractivity contribution in [1.82, 2.24) is 0 Å². The van der Waals surface area contributed by atoms with Gasteiger partial charge >= 0.3 is 7.48 Å². The van der Waals surface area contributed by atoms with Crippen molar-refractivity contribution < 1.29 is 9.76 Å². The van der Waals surface area contributed by atoms with Crippen LogP contribution in [0.3, 0.4) is 0 Å². The van der Waals surface area contributed by atoms with Gasteiger partial charge in [-0.15, -0.1) is 11.3 Å². The first-order chi connectivity index (χ1) is 10.7. The fraction of sp³-hybridized carbons (Fsp3) is 0.333. The SMILES string of the molecule is CC(C)(O)C(C)(C)OBc1cc2c(cc1Cl)sc1ccccc12. The summed E-state index contributed by atoms with van der Waals surface area (Å²) in [4.78, 5) is 0. The highest BCUT2D eigenvalue weighted by molar-refractivity contribution is 7.25. The number of benzene rings is 2. The van der Waals surface area contributed by atoms with Crippen LogP contribution in [-0.2, 0) is 4.65 Å². The molecule has 0 aliphatic heterocycles. The summed E-state index contributed by atoms with van der Waals surface area (Å²) in [5.74, 6) is 0. The zero-order valence-corrected chi connectivity index (χ0v) is 15.4. The lowest BCUT2D eigenvalue weighted by atomic mass is 9.82. The normalized spacial score (nSPS) is 13.0. The Kier molecular flexibility index (Phi) is 4.22. The van der Waals surface area contributed by atoms with Crippen molar-refractivity contribution in [3.8, 4) is 0 Å². The van der Waals surface area contributed by atoms with E-state index in [0.29, 0.717) is 12.5 Å². The summed E-state index contributed by atoms with van der Waals surface area (Å²) < 4.78 is 8.41. The van der Waals surface area contributed by atoms with Gasteiger partial charge in [-0.2, -0.15) is 0 Å². The Morgan fingerprint density at radius 1 is 1.04 bits per heavy atom. The van der Waals surface area contributed by atoms with Gasteiger partial charge in [-0.1, -0.05) is 35.9 Å². The molecule has 1 aromatic heterocycles. The van der Waals surface area contributed by atoms with Gasteiger partial charge in [0.05, 0.1) is 11.2 Å². The summed E-state index contributed by atoms with van der Waals surface area (Å²) in [6.07, 6.45) is 0. The zero-order valence-electron chi connectivity index (χ0n) is 13.8. The molecule has 0 aliphatic rings. The van der Waals surface area contributed by atoms with Gasteiger partial charge in [0.15, 0.2) is 0 Å². The van der Waals surface area contributed by atoms with Crippen LogP contribution in [0.25, 0.3) is 20.2 Å². The number of halogens is 1. The van der Waals surface area contributed by atoms with Crippen LogP contribution < -0.4 is 5.46 Å². The van der Waals surface area contributed by atoms with Gasteiger partial charge < -0.3 is 9.76 Å². The van der Waals surface area contributed by atoms with Gasteiger partial charge in [0.1, 0.15) is 0 Å². The molecule has 0 aliphatic carbocycles. The van der Waals surface area contributed by atoms with Crippen molar-refractivity contribution in [3.05, 3.63) is 41.4 Å². The maximum absolute atomic E-state index is 10.2. The van der Waals surface area contributed by atoms with Crippen LogP contribution >= 0.6 is 22.9 Å². The summed E-state index contributed by atoms with van der Waals surface area (Å²) in [5, 5.41) is 13.4. The molecule has 0 spiro atoms. The lowest BCUT2D eigenvalue weighted by Crippen LogP contribution is -2.49. The Hall–Kier alpha value is -1.07. The quantitative estimate of drug-likeness (QED) is 0.716. The van der Waals surface area contributed by atoms with Crippen molar-refractivity contribution >= 4 is 56.1 Å². The van der Waals surface area contributed by atoms with Gasteiger partial charge in [0.25, 0.3) is 0 Å². The van der Waals surface area contributed by atoms with Crippen LogP contribution in [0, 0.1) is 0 Å². The van der Waals surface area contributed by atoms with Gasteiger partial charge in [-0.3, -0.25) is 0 Å². The molecule has 5 heteroatoms. The van der Waals surface area contributed by atoms with Crippen LogP contribution in [0.5, 0.6) is 0 Å².